The van der Waals surface area contributed by atoms with Gasteiger partial charge in [0.15, 0.2) is 5.75 Å². The van der Waals surface area contributed by atoms with E-state index in [-0.39, 0.29) is 23.7 Å². The molecular formula is C24H22N2O7S. The van der Waals surface area contributed by atoms with Crippen molar-refractivity contribution in [2.24, 2.45) is 0 Å². The monoisotopic (exact) mass is 482 g/mol. The predicted molar refractivity (Wildman–Crippen MR) is 125 cm³/mol. The summed E-state index contributed by atoms with van der Waals surface area (Å²) in [6.07, 6.45) is 0. The Hall–Kier alpha value is -4.05. The summed E-state index contributed by atoms with van der Waals surface area (Å²) in [7, 11) is -0.845. The molecule has 0 aliphatic carbocycles. The number of para-hydroxylation sites is 2. The van der Waals surface area contributed by atoms with Crippen LogP contribution < -0.4 is 23.4 Å². The van der Waals surface area contributed by atoms with E-state index in [1.165, 1.54) is 50.6 Å². The Labute approximate surface area is 197 Å². The molecule has 1 aliphatic rings. The molecule has 0 unspecified atom stereocenters. The van der Waals surface area contributed by atoms with Crippen LogP contribution in [0.25, 0.3) is 0 Å². The summed E-state index contributed by atoms with van der Waals surface area (Å²) < 4.78 is 42.6. The number of anilines is 2. The van der Waals surface area contributed by atoms with Crippen molar-refractivity contribution in [1.29, 1.82) is 0 Å². The van der Waals surface area contributed by atoms with E-state index in [4.69, 9.17) is 14.2 Å². The van der Waals surface area contributed by atoms with E-state index in [1.807, 2.05) is 0 Å². The number of nitrogens with zero attached hydrogens (tertiary/aromatic N) is 2. The number of carbonyl (C=O) groups is 2. The normalized spacial score (nSPS) is 13.0. The molecule has 0 saturated carbocycles. The van der Waals surface area contributed by atoms with Crippen LogP contribution in [0, 0.1) is 0 Å². The minimum atomic E-state index is -3.79. The quantitative estimate of drug-likeness (QED) is 0.374. The maximum absolute atomic E-state index is 12.9. The Morgan fingerprint density at radius 1 is 1.00 bits per heavy atom. The van der Waals surface area contributed by atoms with Gasteiger partial charge >= 0.3 is 11.9 Å². The second kappa shape index (κ2) is 9.44. The number of methoxy groups -OCH3 is 1. The Morgan fingerprint density at radius 3 is 2.32 bits per heavy atom. The fourth-order valence-electron chi connectivity index (χ4n) is 3.43. The first-order valence-electron chi connectivity index (χ1n) is 10.3. The second-order valence-corrected chi connectivity index (χ2v) is 9.38. The minimum absolute atomic E-state index is 0.0704. The highest BCUT2D eigenvalue weighted by Gasteiger charge is 2.26. The van der Waals surface area contributed by atoms with Gasteiger partial charge in [0.05, 0.1) is 23.4 Å². The van der Waals surface area contributed by atoms with Crippen molar-refractivity contribution in [3.05, 3.63) is 72.8 Å². The largest absolute Gasteiger partial charge is 0.497 e. The first-order chi connectivity index (χ1) is 16.3. The molecule has 4 rings (SSSR count). The van der Waals surface area contributed by atoms with Crippen LogP contribution in [0.5, 0.6) is 17.2 Å². The third-order valence-corrected chi connectivity index (χ3v) is 7.02. The molecule has 0 amide bonds. The maximum Gasteiger partial charge on any atom is 0.331 e. The van der Waals surface area contributed by atoms with Crippen LogP contribution in [-0.4, -0.2) is 47.6 Å². The van der Waals surface area contributed by atoms with Crippen LogP contribution in [0.15, 0.2) is 77.7 Å². The predicted octanol–water partition coefficient (Wildman–Crippen LogP) is 2.85. The Balaban J connectivity index is 1.42. The lowest BCUT2D eigenvalue weighted by atomic mass is 10.2. The number of benzene rings is 3. The first-order valence-corrected chi connectivity index (χ1v) is 11.7. The van der Waals surface area contributed by atoms with Crippen molar-refractivity contribution in [2.75, 3.05) is 36.5 Å². The molecule has 0 N–H and O–H groups in total. The van der Waals surface area contributed by atoms with Crippen molar-refractivity contribution >= 4 is 33.3 Å². The van der Waals surface area contributed by atoms with Gasteiger partial charge in [-0.05, 0) is 60.7 Å². The number of fused-ring (bicyclic) bond motifs is 1. The van der Waals surface area contributed by atoms with Gasteiger partial charge in [-0.3, -0.25) is 4.31 Å². The number of carbonyl (C=O) groups excluding carboxylic acids is 2. The van der Waals surface area contributed by atoms with Gasteiger partial charge in [-0.15, -0.1) is 0 Å². The first kappa shape index (κ1) is 23.1. The number of ether oxygens (including phenoxy) is 3. The van der Waals surface area contributed by atoms with Gasteiger partial charge in [-0.2, -0.15) is 0 Å². The van der Waals surface area contributed by atoms with Gasteiger partial charge in [0.2, 0.25) is 0 Å². The minimum Gasteiger partial charge on any atom is -0.497 e. The Morgan fingerprint density at radius 2 is 1.65 bits per heavy atom. The molecule has 176 valence electrons. The lowest BCUT2D eigenvalue weighted by Crippen LogP contribution is -2.41. The average Bonchev–Trinajstić information content (AvgIpc) is 2.84. The molecule has 0 atom stereocenters. The van der Waals surface area contributed by atoms with Crippen LogP contribution in [0.1, 0.15) is 0 Å². The lowest BCUT2D eigenvalue weighted by Gasteiger charge is -2.28. The average molecular weight is 483 g/mol. The molecule has 0 radical (unpaired) electrons. The number of sulfonamides is 1. The number of hydrogen-bond donors (Lipinski definition) is 0. The van der Waals surface area contributed by atoms with Gasteiger partial charge in [0, 0.05) is 7.05 Å². The molecule has 0 bridgehead atoms. The van der Waals surface area contributed by atoms with Gasteiger partial charge in [-0.25, -0.2) is 18.0 Å². The van der Waals surface area contributed by atoms with E-state index < -0.39 is 22.0 Å². The number of hydrogen-bond acceptors (Lipinski definition) is 8. The molecule has 0 fully saturated rings. The standard InChI is InChI=1S/C24H22N2O7S/c1-25(34(29,30)20-13-11-18(31-2)12-14-20)17-7-9-19(10-8-17)32-23(27)15-26-16-24(28)33-22-6-4-3-5-21(22)26/h3-14H,15-16H2,1-2H3. The van der Waals surface area contributed by atoms with E-state index in [2.05, 4.69) is 0 Å². The van der Waals surface area contributed by atoms with Crippen LogP contribution in [-0.2, 0) is 19.6 Å². The SMILES string of the molecule is COc1ccc(S(=O)(=O)N(C)c2ccc(OC(=O)CN3CC(=O)Oc4ccccc43)cc2)cc1. The lowest BCUT2D eigenvalue weighted by molar-refractivity contribution is -0.134. The maximum atomic E-state index is 12.9. The van der Waals surface area contributed by atoms with E-state index in [0.717, 1.165) is 4.31 Å². The van der Waals surface area contributed by atoms with Crippen LogP contribution in [0.4, 0.5) is 11.4 Å². The van der Waals surface area contributed by atoms with Crippen LogP contribution in [0.3, 0.4) is 0 Å². The highest BCUT2D eigenvalue weighted by atomic mass is 32.2. The summed E-state index contributed by atoms with van der Waals surface area (Å²) in [6, 6.07) is 19.1. The van der Waals surface area contributed by atoms with Gasteiger partial charge in [0.25, 0.3) is 10.0 Å². The summed E-state index contributed by atoms with van der Waals surface area (Å²) >= 11 is 0. The zero-order valence-corrected chi connectivity index (χ0v) is 19.3. The zero-order valence-electron chi connectivity index (χ0n) is 18.5. The number of esters is 2. The molecular weight excluding hydrogens is 460 g/mol. The van der Waals surface area contributed by atoms with Crippen molar-refractivity contribution in [3.8, 4) is 17.2 Å². The van der Waals surface area contributed by atoms with Crippen molar-refractivity contribution < 1.29 is 32.2 Å². The van der Waals surface area contributed by atoms with Gasteiger partial charge in [-0.1, -0.05) is 12.1 Å². The summed E-state index contributed by atoms with van der Waals surface area (Å²) in [5.41, 5.74) is 1.02. The molecule has 10 heteroatoms. The van der Waals surface area contributed by atoms with E-state index in [0.29, 0.717) is 22.9 Å². The summed E-state index contributed by atoms with van der Waals surface area (Å²) in [4.78, 5) is 26.0. The molecule has 1 aliphatic heterocycles. The van der Waals surface area contributed by atoms with Crippen LogP contribution >= 0.6 is 0 Å². The number of rotatable bonds is 7. The van der Waals surface area contributed by atoms with Gasteiger partial charge < -0.3 is 19.1 Å². The summed E-state index contributed by atoms with van der Waals surface area (Å²) in [5, 5.41) is 0. The second-order valence-electron chi connectivity index (χ2n) is 7.41. The fraction of sp³-hybridized carbons (Fsp3) is 0.167. The van der Waals surface area contributed by atoms with Crippen molar-refractivity contribution in [2.45, 2.75) is 4.90 Å². The molecule has 3 aromatic rings. The molecule has 1 heterocycles. The molecule has 3 aromatic carbocycles. The molecule has 0 saturated heterocycles. The van der Waals surface area contributed by atoms with Crippen molar-refractivity contribution in [3.63, 3.8) is 0 Å². The zero-order chi connectivity index (χ0) is 24.3. The van der Waals surface area contributed by atoms with E-state index in [1.54, 1.807) is 41.3 Å². The Bertz CT molecular complexity index is 1310. The highest BCUT2D eigenvalue weighted by Crippen LogP contribution is 2.31. The van der Waals surface area contributed by atoms with Crippen molar-refractivity contribution in [1.82, 2.24) is 0 Å². The molecule has 34 heavy (non-hydrogen) atoms. The van der Waals surface area contributed by atoms with Gasteiger partial charge in [0.1, 0.15) is 24.6 Å². The third-order valence-electron chi connectivity index (χ3n) is 5.22. The highest BCUT2D eigenvalue weighted by molar-refractivity contribution is 7.92. The smallest absolute Gasteiger partial charge is 0.331 e. The van der Waals surface area contributed by atoms with E-state index in [9.17, 15) is 18.0 Å². The fourth-order valence-corrected chi connectivity index (χ4v) is 4.63. The summed E-state index contributed by atoms with van der Waals surface area (Å²) in [5.74, 6) is 0.153. The molecule has 0 spiro atoms. The topological polar surface area (TPSA) is 102 Å². The summed E-state index contributed by atoms with van der Waals surface area (Å²) in [6.45, 7) is -0.224. The van der Waals surface area contributed by atoms with Crippen LogP contribution in [0.2, 0.25) is 0 Å². The third kappa shape index (κ3) is 4.81. The molecule has 0 aromatic heterocycles. The molecule has 9 nitrogen and oxygen atoms in total. The Kier molecular flexibility index (Phi) is 6.42. The van der Waals surface area contributed by atoms with E-state index >= 15 is 0 Å².